The number of carbonyl (C=O) groups excluding carboxylic acids is 2. The van der Waals surface area contributed by atoms with E-state index in [0.717, 1.165) is 40.0 Å². The smallest absolute Gasteiger partial charge is 0.274 e. The summed E-state index contributed by atoms with van der Waals surface area (Å²) >= 11 is 4.95. The first-order valence-electron chi connectivity index (χ1n) is 12.6. The average molecular weight is 617 g/mol. The van der Waals surface area contributed by atoms with Gasteiger partial charge in [-0.2, -0.15) is 24.6 Å². The Kier molecular flexibility index (Phi) is 8.11. The van der Waals surface area contributed by atoms with E-state index >= 15 is 0 Å². The first-order chi connectivity index (χ1) is 18.4. The molecule has 5 rings (SSSR count). The number of carboxylic acids is 1. The van der Waals surface area contributed by atoms with Gasteiger partial charge in [-0.25, -0.2) is 14.4 Å². The number of rotatable bonds is 11. The Morgan fingerprint density at radius 1 is 1.46 bits per heavy atom. The van der Waals surface area contributed by atoms with Crippen molar-refractivity contribution < 1.29 is 32.6 Å². The number of imidazole rings is 1. The number of β-lactam (4-membered cyclic amide) rings is 1. The van der Waals surface area contributed by atoms with Gasteiger partial charge in [-0.05, 0) is 19.6 Å². The predicted molar refractivity (Wildman–Crippen MR) is 148 cm³/mol. The van der Waals surface area contributed by atoms with Crippen molar-refractivity contribution in [1.82, 2.24) is 19.5 Å². The van der Waals surface area contributed by atoms with Crippen molar-refractivity contribution in [3.63, 3.8) is 0 Å². The van der Waals surface area contributed by atoms with Crippen molar-refractivity contribution in [2.45, 2.75) is 55.3 Å². The van der Waals surface area contributed by atoms with Crippen LogP contribution in [-0.2, 0) is 26.3 Å². The number of carbonyl (C=O) groups is 2. The molecule has 2 saturated heterocycles. The molecule has 0 bridgehead atoms. The third-order valence-corrected chi connectivity index (χ3v) is 11.5. The Bertz CT molecular complexity index is 1440. The van der Waals surface area contributed by atoms with Crippen LogP contribution in [0.2, 0.25) is 0 Å². The summed E-state index contributed by atoms with van der Waals surface area (Å²) in [5.41, 5.74) is 0.496. The highest BCUT2D eigenvalue weighted by Gasteiger charge is 2.59. The third kappa shape index (κ3) is 5.37. The van der Waals surface area contributed by atoms with E-state index in [-0.39, 0.29) is 36.2 Å². The molecule has 6 atom stereocenters. The fourth-order valence-electron chi connectivity index (χ4n) is 5.90. The van der Waals surface area contributed by atoms with Gasteiger partial charge in [0.2, 0.25) is 15.8 Å². The zero-order valence-corrected chi connectivity index (χ0v) is 25.0. The maximum atomic E-state index is 12.7. The van der Waals surface area contributed by atoms with Crippen LogP contribution in [0, 0.1) is 11.8 Å². The zero-order valence-electron chi connectivity index (χ0n) is 21.7. The molecular weight excluding hydrogens is 585 g/mol. The Morgan fingerprint density at radius 3 is 2.85 bits per heavy atom. The molecule has 5 heterocycles. The van der Waals surface area contributed by atoms with Crippen molar-refractivity contribution in [3.05, 3.63) is 23.1 Å². The average Bonchev–Trinajstić information content (AvgIpc) is 3.58. The molecule has 2 fully saturated rings. The van der Waals surface area contributed by atoms with Crippen LogP contribution in [0.1, 0.15) is 25.1 Å². The van der Waals surface area contributed by atoms with Crippen molar-refractivity contribution in [2.24, 2.45) is 17.0 Å². The summed E-state index contributed by atoms with van der Waals surface area (Å²) in [5, 5.41) is 32.0. The van der Waals surface area contributed by atoms with Gasteiger partial charge in [0.15, 0.2) is 0 Å². The number of hydrogen-bond donors (Lipinski definition) is 4. The van der Waals surface area contributed by atoms with Gasteiger partial charge in [0.25, 0.3) is 16.5 Å². The molecule has 2 aromatic rings. The quantitative estimate of drug-likeness (QED) is 0.134. The van der Waals surface area contributed by atoms with Crippen molar-refractivity contribution in [3.8, 4) is 0 Å². The molecule has 0 radical (unpaired) electrons. The van der Waals surface area contributed by atoms with Crippen LogP contribution in [0.5, 0.6) is 0 Å². The molecule has 3 aliphatic heterocycles. The first-order valence-corrected chi connectivity index (χ1v) is 17.2. The van der Waals surface area contributed by atoms with E-state index in [9.17, 15) is 28.2 Å². The monoisotopic (exact) mass is 616 g/mol. The van der Waals surface area contributed by atoms with Gasteiger partial charge >= 0.3 is 0 Å². The van der Waals surface area contributed by atoms with Crippen molar-refractivity contribution >= 4 is 67.3 Å². The molecule has 1 amide bonds. The summed E-state index contributed by atoms with van der Waals surface area (Å²) in [6.45, 7) is 5.33. The highest BCUT2D eigenvalue weighted by Crippen LogP contribution is 2.51. The normalized spacial score (nSPS) is 27.9. The summed E-state index contributed by atoms with van der Waals surface area (Å²) in [5.74, 6) is -1.74. The SMILES string of the molecule is CSc1c2sc(C3=C(C(=O)[O-])N4C(=O)[C@H]([C@@H](C)O)[C@H]4[C@H]3C)c[n+]2cn1CCS[C@@H]1CN[C@H](CNS(N)(=O)=O)C1. The number of aryl methyl sites for hydroxylation is 1. The molecule has 214 valence electrons. The second kappa shape index (κ2) is 11.0. The number of aliphatic carboxylic acids is 1. The number of nitrogens with two attached hydrogens (primary N) is 1. The van der Waals surface area contributed by atoms with Crippen LogP contribution in [-0.4, -0.2) is 83.4 Å². The van der Waals surface area contributed by atoms with E-state index in [4.69, 9.17) is 5.14 Å². The van der Waals surface area contributed by atoms with E-state index < -0.39 is 28.2 Å². The van der Waals surface area contributed by atoms with Gasteiger partial charge < -0.3 is 25.2 Å². The Balaban J connectivity index is 1.29. The van der Waals surface area contributed by atoms with Crippen LogP contribution in [0.3, 0.4) is 0 Å². The van der Waals surface area contributed by atoms with Gasteiger partial charge in [0.05, 0.1) is 34.6 Å². The molecule has 2 aromatic heterocycles. The van der Waals surface area contributed by atoms with Gasteiger partial charge in [-0.1, -0.05) is 30.0 Å². The number of aliphatic hydroxyl groups is 1. The summed E-state index contributed by atoms with van der Waals surface area (Å²) in [6, 6.07) is -0.326. The highest BCUT2D eigenvalue weighted by molar-refractivity contribution is 8.00. The number of hydrogen-bond acceptors (Lipinski definition) is 10. The molecule has 0 unspecified atom stereocenters. The van der Waals surface area contributed by atoms with E-state index in [1.165, 1.54) is 16.2 Å². The maximum Gasteiger partial charge on any atom is 0.274 e. The standard InChI is InChI=1S/C23H32N6O6S4/c1-11-16(19(23(32)33)29-18(11)17(12(2)30)20(29)31)15-9-28-10-27(21(36-3)22(28)38-15)4-5-37-14-6-13(25-8-14)7-26-39(24,34)35/h9-14,17-18,25-26,30H,4-8H2,1-3H3,(H2-,24,32,33,34,35)/t11-,12+,13-,14-,17+,18+/m0/s1. The Labute approximate surface area is 239 Å². The van der Waals surface area contributed by atoms with E-state index in [0.29, 0.717) is 10.8 Å². The van der Waals surface area contributed by atoms with Crippen LogP contribution >= 0.6 is 34.9 Å². The molecule has 39 heavy (non-hydrogen) atoms. The number of nitrogens with zero attached hydrogens (tertiary/aromatic N) is 3. The first kappa shape index (κ1) is 28.9. The minimum absolute atomic E-state index is 0.0596. The number of fused-ring (bicyclic) bond motifs is 2. The largest absolute Gasteiger partial charge is 0.543 e. The van der Waals surface area contributed by atoms with Crippen LogP contribution in [0.25, 0.3) is 10.4 Å². The lowest BCUT2D eigenvalue weighted by atomic mass is 9.77. The maximum absolute atomic E-state index is 12.7. The van der Waals surface area contributed by atoms with Gasteiger partial charge in [-0.3, -0.25) is 4.79 Å². The van der Waals surface area contributed by atoms with Crippen molar-refractivity contribution in [2.75, 3.05) is 25.1 Å². The minimum Gasteiger partial charge on any atom is -0.543 e. The fraction of sp³-hybridized carbons (Fsp3) is 0.609. The van der Waals surface area contributed by atoms with Gasteiger partial charge in [0, 0.05) is 41.6 Å². The van der Waals surface area contributed by atoms with E-state index in [2.05, 4.69) is 14.6 Å². The van der Waals surface area contributed by atoms with Crippen LogP contribution < -0.4 is 24.7 Å². The summed E-state index contributed by atoms with van der Waals surface area (Å²) in [7, 11) is -3.69. The molecule has 16 heteroatoms. The fourth-order valence-corrected chi connectivity index (χ4v) is 9.76. The Hall–Kier alpha value is -1.66. The summed E-state index contributed by atoms with van der Waals surface area (Å²) in [6.07, 6.45) is 5.92. The second-order valence-corrected chi connectivity index (χ2v) is 14.8. The molecule has 12 nitrogen and oxygen atoms in total. The number of thioether (sulfide) groups is 2. The lowest BCUT2D eigenvalue weighted by molar-refractivity contribution is -0.508. The van der Waals surface area contributed by atoms with Gasteiger partial charge in [0.1, 0.15) is 12.7 Å². The molecule has 0 spiro atoms. The van der Waals surface area contributed by atoms with Gasteiger partial charge in [-0.15, -0.1) is 0 Å². The molecule has 0 aliphatic carbocycles. The minimum atomic E-state index is -3.69. The number of thiazole rings is 1. The second-order valence-electron chi connectivity index (χ2n) is 10.2. The third-order valence-electron chi connectivity index (χ3n) is 7.63. The number of amides is 1. The molecule has 0 aromatic carbocycles. The Morgan fingerprint density at radius 2 is 2.21 bits per heavy atom. The molecular formula is C23H32N6O6S4. The number of aromatic nitrogens is 2. The number of aliphatic hydroxyl groups excluding tert-OH is 1. The summed E-state index contributed by atoms with van der Waals surface area (Å²) < 4.78 is 28.8. The van der Waals surface area contributed by atoms with E-state index in [1.54, 1.807) is 18.7 Å². The van der Waals surface area contributed by atoms with Crippen molar-refractivity contribution in [1.29, 1.82) is 0 Å². The molecule has 0 saturated carbocycles. The molecule has 5 N–H and O–H groups in total. The zero-order chi connectivity index (χ0) is 28.2. The topological polar surface area (TPSA) is 174 Å². The lowest BCUT2D eigenvalue weighted by Gasteiger charge is -2.47. The van der Waals surface area contributed by atoms with Crippen LogP contribution in [0.4, 0.5) is 0 Å². The highest BCUT2D eigenvalue weighted by atomic mass is 32.2. The van der Waals surface area contributed by atoms with Crippen LogP contribution in [0.15, 0.2) is 23.2 Å². The number of carboxylic acid groups (broad SMARTS) is 1. The van der Waals surface area contributed by atoms with E-state index in [1.807, 2.05) is 41.9 Å². The summed E-state index contributed by atoms with van der Waals surface area (Å²) in [4.78, 5) is 27.9. The predicted octanol–water partition coefficient (Wildman–Crippen LogP) is -1.41. The number of nitrogens with one attached hydrogen (secondary N) is 2. The molecule has 3 aliphatic rings. The lowest BCUT2D eigenvalue weighted by Crippen LogP contribution is -2.64.